The van der Waals surface area contributed by atoms with E-state index < -0.39 is 0 Å². The van der Waals surface area contributed by atoms with Crippen molar-refractivity contribution in [2.75, 3.05) is 27.8 Å². The van der Waals surface area contributed by atoms with Crippen molar-refractivity contribution < 1.29 is 9.47 Å². The van der Waals surface area contributed by atoms with Crippen molar-refractivity contribution in [1.29, 1.82) is 0 Å². The van der Waals surface area contributed by atoms with Gasteiger partial charge in [-0.1, -0.05) is 13.8 Å². The Labute approximate surface area is 134 Å². The highest BCUT2D eigenvalue weighted by molar-refractivity contribution is 5.79. The number of rotatable bonds is 7. The number of hydrogen-bond donors (Lipinski definition) is 2. The maximum atomic E-state index is 5.40. The van der Waals surface area contributed by atoms with E-state index in [4.69, 9.17) is 9.47 Å². The van der Waals surface area contributed by atoms with Crippen molar-refractivity contribution in [2.24, 2.45) is 10.9 Å². The second-order valence-corrected chi connectivity index (χ2v) is 5.60. The van der Waals surface area contributed by atoms with Gasteiger partial charge < -0.3 is 20.1 Å². The lowest BCUT2D eigenvalue weighted by Crippen LogP contribution is -2.44. The molecule has 124 valence electrons. The highest BCUT2D eigenvalue weighted by Crippen LogP contribution is 2.24. The molecule has 0 spiro atoms. The third-order valence-electron chi connectivity index (χ3n) is 3.76. The average Bonchev–Trinajstić information content (AvgIpc) is 2.53. The van der Waals surface area contributed by atoms with Gasteiger partial charge in [0.15, 0.2) is 5.96 Å². The molecule has 0 saturated heterocycles. The van der Waals surface area contributed by atoms with E-state index in [2.05, 4.69) is 36.4 Å². The molecule has 1 aromatic carbocycles. The van der Waals surface area contributed by atoms with Gasteiger partial charge in [0.2, 0.25) is 0 Å². The first-order chi connectivity index (χ1) is 10.5. The summed E-state index contributed by atoms with van der Waals surface area (Å²) in [4.78, 5) is 4.26. The summed E-state index contributed by atoms with van der Waals surface area (Å²) < 4.78 is 10.7. The smallest absolute Gasteiger partial charge is 0.191 e. The molecule has 1 atom stereocenters. The maximum absolute atomic E-state index is 5.40. The van der Waals surface area contributed by atoms with Crippen molar-refractivity contribution in [2.45, 2.75) is 33.2 Å². The number of nitrogens with zero attached hydrogens (tertiary/aromatic N) is 1. The molecule has 0 aliphatic carbocycles. The van der Waals surface area contributed by atoms with Gasteiger partial charge in [0.25, 0.3) is 0 Å². The minimum absolute atomic E-state index is 0.373. The number of nitrogens with one attached hydrogen (secondary N) is 2. The Balaban J connectivity index is 2.59. The lowest BCUT2D eigenvalue weighted by atomic mass is 10.1. The van der Waals surface area contributed by atoms with Crippen LogP contribution in [0, 0.1) is 5.92 Å². The van der Waals surface area contributed by atoms with Crippen molar-refractivity contribution >= 4 is 5.96 Å². The molecule has 0 aliphatic rings. The quantitative estimate of drug-likeness (QED) is 0.600. The Morgan fingerprint density at radius 3 is 2.45 bits per heavy atom. The lowest BCUT2D eigenvalue weighted by molar-refractivity contribution is 0.398. The van der Waals surface area contributed by atoms with Crippen LogP contribution in [0.2, 0.25) is 0 Å². The summed E-state index contributed by atoms with van der Waals surface area (Å²) in [5.41, 5.74) is 1.11. The summed E-state index contributed by atoms with van der Waals surface area (Å²) >= 11 is 0. The maximum Gasteiger partial charge on any atom is 0.191 e. The minimum atomic E-state index is 0.373. The van der Waals surface area contributed by atoms with E-state index in [0.29, 0.717) is 12.0 Å². The largest absolute Gasteiger partial charge is 0.497 e. The molecule has 0 bridgehead atoms. The Bertz CT molecular complexity index is 487. The van der Waals surface area contributed by atoms with Crippen LogP contribution < -0.4 is 20.1 Å². The van der Waals surface area contributed by atoms with E-state index in [-0.39, 0.29) is 0 Å². The third kappa shape index (κ3) is 5.47. The molecule has 0 amide bonds. The van der Waals surface area contributed by atoms with E-state index in [1.165, 1.54) is 0 Å². The monoisotopic (exact) mass is 307 g/mol. The van der Waals surface area contributed by atoms with Crippen LogP contribution in [0.1, 0.15) is 26.3 Å². The fourth-order valence-corrected chi connectivity index (χ4v) is 1.97. The first-order valence-corrected chi connectivity index (χ1v) is 7.69. The van der Waals surface area contributed by atoms with E-state index in [1.54, 1.807) is 21.3 Å². The van der Waals surface area contributed by atoms with E-state index in [9.17, 15) is 0 Å². The van der Waals surface area contributed by atoms with Crippen LogP contribution in [0.25, 0.3) is 0 Å². The summed E-state index contributed by atoms with van der Waals surface area (Å²) in [6.07, 6.45) is 0.830. The first-order valence-electron chi connectivity index (χ1n) is 7.69. The van der Waals surface area contributed by atoms with Gasteiger partial charge in [0.05, 0.1) is 14.2 Å². The van der Waals surface area contributed by atoms with Gasteiger partial charge in [-0.2, -0.15) is 0 Å². The average molecular weight is 307 g/mol. The number of ether oxygens (including phenoxy) is 2. The molecule has 0 saturated carbocycles. The molecule has 2 N–H and O–H groups in total. The summed E-state index contributed by atoms with van der Waals surface area (Å²) in [6, 6.07) is 6.22. The van der Waals surface area contributed by atoms with Crippen LogP contribution in [0.4, 0.5) is 0 Å². The van der Waals surface area contributed by atoms with Gasteiger partial charge in [-0.15, -0.1) is 0 Å². The van der Waals surface area contributed by atoms with Crippen LogP contribution in [0.5, 0.6) is 11.5 Å². The van der Waals surface area contributed by atoms with Crippen LogP contribution in [0.3, 0.4) is 0 Å². The van der Waals surface area contributed by atoms with Crippen molar-refractivity contribution in [1.82, 2.24) is 10.6 Å². The van der Waals surface area contributed by atoms with Gasteiger partial charge in [-0.3, -0.25) is 4.99 Å². The molecule has 0 fully saturated rings. The lowest BCUT2D eigenvalue weighted by Gasteiger charge is -2.21. The summed E-state index contributed by atoms with van der Waals surface area (Å²) in [6.45, 7) is 7.30. The molecule has 0 radical (unpaired) electrons. The number of guanidine groups is 1. The van der Waals surface area contributed by atoms with Gasteiger partial charge in [0, 0.05) is 19.6 Å². The van der Waals surface area contributed by atoms with Crippen molar-refractivity contribution in [3.05, 3.63) is 23.8 Å². The highest BCUT2D eigenvalue weighted by atomic mass is 16.5. The summed E-state index contributed by atoms with van der Waals surface area (Å²) in [5.74, 6) is 3.09. The Hall–Kier alpha value is -1.91. The molecule has 0 aromatic heterocycles. The zero-order valence-corrected chi connectivity index (χ0v) is 14.6. The van der Waals surface area contributed by atoms with Crippen molar-refractivity contribution in [3.63, 3.8) is 0 Å². The fraction of sp³-hybridized carbons (Fsp3) is 0.588. The highest BCUT2D eigenvalue weighted by Gasteiger charge is 2.09. The second kappa shape index (κ2) is 9.18. The van der Waals surface area contributed by atoms with E-state index in [0.717, 1.165) is 36.0 Å². The molecule has 5 heteroatoms. The summed E-state index contributed by atoms with van der Waals surface area (Å²) in [5, 5.41) is 6.72. The molecule has 1 aromatic rings. The SMILES string of the molecule is CN=C(NCCc1cc(OC)ccc1OC)NC(C)C(C)C. The fourth-order valence-electron chi connectivity index (χ4n) is 1.97. The normalized spacial score (nSPS) is 13.0. The third-order valence-corrected chi connectivity index (χ3v) is 3.76. The Morgan fingerprint density at radius 1 is 1.18 bits per heavy atom. The number of aliphatic imine (C=N–C) groups is 1. The van der Waals surface area contributed by atoms with Gasteiger partial charge in [0.1, 0.15) is 11.5 Å². The van der Waals surface area contributed by atoms with Gasteiger partial charge >= 0.3 is 0 Å². The number of benzene rings is 1. The van der Waals surface area contributed by atoms with Gasteiger partial charge in [-0.05, 0) is 43.0 Å². The molecule has 1 unspecified atom stereocenters. The van der Waals surface area contributed by atoms with Crippen molar-refractivity contribution in [3.8, 4) is 11.5 Å². The van der Waals surface area contributed by atoms with Crippen LogP contribution in [0.15, 0.2) is 23.2 Å². The zero-order valence-electron chi connectivity index (χ0n) is 14.6. The standard InChI is InChI=1S/C17H29N3O2/c1-12(2)13(3)20-17(18-4)19-10-9-14-11-15(21-5)7-8-16(14)22-6/h7-8,11-13H,9-10H2,1-6H3,(H2,18,19,20). The summed E-state index contributed by atoms with van der Waals surface area (Å²) in [7, 11) is 5.14. The number of hydrogen-bond acceptors (Lipinski definition) is 3. The van der Waals surface area contributed by atoms with Crippen LogP contribution in [-0.2, 0) is 6.42 Å². The first kappa shape index (κ1) is 18.1. The Morgan fingerprint density at radius 2 is 1.91 bits per heavy atom. The predicted molar refractivity (Wildman–Crippen MR) is 92.0 cm³/mol. The van der Waals surface area contributed by atoms with Crippen LogP contribution >= 0.6 is 0 Å². The second-order valence-electron chi connectivity index (χ2n) is 5.60. The molecule has 0 aliphatic heterocycles. The van der Waals surface area contributed by atoms with E-state index >= 15 is 0 Å². The molecule has 1 rings (SSSR count). The molecule has 22 heavy (non-hydrogen) atoms. The van der Waals surface area contributed by atoms with E-state index in [1.807, 2.05) is 18.2 Å². The zero-order chi connectivity index (χ0) is 16.5. The molecular formula is C17H29N3O2. The molecular weight excluding hydrogens is 278 g/mol. The molecule has 0 heterocycles. The van der Waals surface area contributed by atoms with Gasteiger partial charge in [-0.25, -0.2) is 0 Å². The topological polar surface area (TPSA) is 54.9 Å². The minimum Gasteiger partial charge on any atom is -0.497 e. The number of methoxy groups -OCH3 is 2. The van der Waals surface area contributed by atoms with Crippen LogP contribution in [-0.4, -0.2) is 39.8 Å². The Kier molecular flexibility index (Phi) is 7.57. The molecule has 5 nitrogen and oxygen atoms in total. The predicted octanol–water partition coefficient (Wildman–Crippen LogP) is 2.46.